The van der Waals surface area contributed by atoms with Crippen LogP contribution < -0.4 is 5.32 Å². The molecule has 0 radical (unpaired) electrons. The predicted octanol–water partition coefficient (Wildman–Crippen LogP) is 2.04. The summed E-state index contributed by atoms with van der Waals surface area (Å²) in [6.07, 6.45) is 0. The van der Waals surface area contributed by atoms with E-state index < -0.39 is 11.5 Å². The molecule has 1 rings (SSSR count). The highest BCUT2D eigenvalue weighted by Crippen LogP contribution is 2.24. The van der Waals surface area contributed by atoms with E-state index in [4.69, 9.17) is 0 Å². The van der Waals surface area contributed by atoms with Crippen molar-refractivity contribution in [1.82, 2.24) is 9.78 Å². The van der Waals surface area contributed by atoms with Crippen LogP contribution in [0.15, 0.2) is 0 Å². The second-order valence-corrected chi connectivity index (χ2v) is 4.52. The number of anilines is 1. The molecule has 0 aliphatic heterocycles. The third-order valence-electron chi connectivity index (χ3n) is 1.94. The minimum atomic E-state index is -0.504. The van der Waals surface area contributed by atoms with Crippen molar-refractivity contribution in [1.29, 1.82) is 0 Å². The number of carbonyl (C=O) groups excluding carboxylic acids is 1. The van der Waals surface area contributed by atoms with E-state index in [1.165, 1.54) is 11.6 Å². The van der Waals surface area contributed by atoms with Crippen molar-refractivity contribution >= 4 is 11.6 Å². The van der Waals surface area contributed by atoms with Crippen molar-refractivity contribution in [2.24, 2.45) is 0 Å². The second-order valence-electron chi connectivity index (χ2n) is 4.52. The molecule has 0 aliphatic carbocycles. The van der Waals surface area contributed by atoms with Gasteiger partial charge in [0, 0.05) is 6.92 Å². The molecule has 0 unspecified atom stereocenters. The van der Waals surface area contributed by atoms with Gasteiger partial charge in [0.2, 0.25) is 11.9 Å². The van der Waals surface area contributed by atoms with Crippen LogP contribution in [-0.4, -0.2) is 15.7 Å². The van der Waals surface area contributed by atoms with Crippen LogP contribution in [-0.2, 0) is 10.3 Å². The Morgan fingerprint density at radius 1 is 1.47 bits per heavy atom. The van der Waals surface area contributed by atoms with Gasteiger partial charge < -0.3 is 5.32 Å². The van der Waals surface area contributed by atoms with Crippen molar-refractivity contribution in [2.75, 3.05) is 5.32 Å². The maximum Gasteiger partial charge on any atom is 0.236 e. The van der Waals surface area contributed by atoms with E-state index in [1.54, 1.807) is 6.92 Å². The lowest BCUT2D eigenvalue weighted by Crippen LogP contribution is -2.25. The molecule has 84 valence electrons. The van der Waals surface area contributed by atoms with Crippen LogP contribution in [0.3, 0.4) is 0 Å². The zero-order chi connectivity index (χ0) is 11.8. The van der Waals surface area contributed by atoms with Crippen LogP contribution in [0.2, 0.25) is 0 Å². The Labute approximate surface area is 88.5 Å². The molecule has 1 heterocycles. The van der Waals surface area contributed by atoms with Gasteiger partial charge in [0.1, 0.15) is 5.69 Å². The first-order chi connectivity index (χ1) is 6.73. The largest absolute Gasteiger partial charge is 0.321 e. The van der Waals surface area contributed by atoms with Gasteiger partial charge in [-0.3, -0.25) is 4.79 Å². The van der Waals surface area contributed by atoms with Crippen molar-refractivity contribution in [2.45, 2.75) is 40.2 Å². The maximum absolute atomic E-state index is 13.8. The fourth-order valence-electron chi connectivity index (χ4n) is 1.26. The van der Waals surface area contributed by atoms with E-state index in [0.717, 1.165) is 0 Å². The second kappa shape index (κ2) is 3.64. The minimum absolute atomic E-state index is 0.164. The van der Waals surface area contributed by atoms with Gasteiger partial charge in [0.15, 0.2) is 0 Å². The highest BCUT2D eigenvalue weighted by molar-refractivity contribution is 5.89. The molecule has 0 atom stereocenters. The highest BCUT2D eigenvalue weighted by Gasteiger charge is 2.23. The molecule has 5 heteroatoms. The first-order valence-electron chi connectivity index (χ1n) is 4.76. The Kier molecular flexibility index (Phi) is 2.83. The minimum Gasteiger partial charge on any atom is -0.321 e. The quantitative estimate of drug-likeness (QED) is 0.776. The summed E-state index contributed by atoms with van der Waals surface area (Å²) in [6, 6.07) is 0. The molecule has 4 nitrogen and oxygen atoms in total. The van der Waals surface area contributed by atoms with E-state index >= 15 is 0 Å². The number of nitrogens with one attached hydrogen (secondary N) is 1. The molecule has 0 aromatic carbocycles. The third-order valence-corrected chi connectivity index (χ3v) is 1.94. The van der Waals surface area contributed by atoms with E-state index in [9.17, 15) is 9.18 Å². The van der Waals surface area contributed by atoms with E-state index in [1.807, 2.05) is 20.8 Å². The molecule has 0 aliphatic rings. The molecule has 0 spiro atoms. The molecule has 0 saturated carbocycles. The molecular formula is C10H16FN3O. The van der Waals surface area contributed by atoms with Gasteiger partial charge in [-0.15, -0.1) is 0 Å². The average molecular weight is 213 g/mol. The summed E-state index contributed by atoms with van der Waals surface area (Å²) in [5.74, 6) is -0.805. The van der Waals surface area contributed by atoms with Crippen LogP contribution in [0.1, 0.15) is 33.4 Å². The topological polar surface area (TPSA) is 46.9 Å². The molecule has 1 aromatic rings. The number of amides is 1. The number of carbonyl (C=O) groups is 1. The standard InChI is InChI=1S/C10H16FN3O/c1-6-8(12-7(2)15)9(11)14(13-6)10(3,4)5/h1-5H3,(H,12,15). The summed E-state index contributed by atoms with van der Waals surface area (Å²) in [6.45, 7) is 8.55. The van der Waals surface area contributed by atoms with Gasteiger partial charge in [-0.25, -0.2) is 4.68 Å². The Hall–Kier alpha value is -1.39. The number of hydrogen-bond acceptors (Lipinski definition) is 2. The Morgan fingerprint density at radius 2 is 2.00 bits per heavy atom. The van der Waals surface area contributed by atoms with Crippen LogP contribution >= 0.6 is 0 Å². The fraction of sp³-hybridized carbons (Fsp3) is 0.600. The first-order valence-corrected chi connectivity index (χ1v) is 4.76. The van der Waals surface area contributed by atoms with Crippen LogP contribution in [0.5, 0.6) is 0 Å². The molecular weight excluding hydrogens is 197 g/mol. The van der Waals surface area contributed by atoms with Gasteiger partial charge in [-0.2, -0.15) is 9.49 Å². The fourth-order valence-corrected chi connectivity index (χ4v) is 1.26. The van der Waals surface area contributed by atoms with Crippen molar-refractivity contribution in [3.63, 3.8) is 0 Å². The zero-order valence-electron chi connectivity index (χ0n) is 9.68. The van der Waals surface area contributed by atoms with Crippen molar-refractivity contribution in [3.8, 4) is 0 Å². The molecule has 0 fully saturated rings. The number of aromatic nitrogens is 2. The average Bonchev–Trinajstić information content (AvgIpc) is 2.30. The molecule has 0 saturated heterocycles. The smallest absolute Gasteiger partial charge is 0.236 e. The van der Waals surface area contributed by atoms with Crippen molar-refractivity contribution < 1.29 is 9.18 Å². The normalized spacial score (nSPS) is 11.6. The summed E-state index contributed by atoms with van der Waals surface area (Å²) in [4.78, 5) is 10.9. The number of halogens is 1. The molecule has 1 N–H and O–H groups in total. The molecule has 1 amide bonds. The number of nitrogens with zero attached hydrogens (tertiary/aromatic N) is 2. The van der Waals surface area contributed by atoms with Gasteiger partial charge in [0.25, 0.3) is 0 Å². The summed E-state index contributed by atoms with van der Waals surface area (Å²) in [5.41, 5.74) is 0.209. The lowest BCUT2D eigenvalue weighted by Gasteiger charge is -2.19. The van der Waals surface area contributed by atoms with E-state index in [2.05, 4.69) is 10.4 Å². The molecule has 0 bridgehead atoms. The summed E-state index contributed by atoms with van der Waals surface area (Å²) in [5, 5.41) is 6.50. The number of rotatable bonds is 1. The molecule has 15 heavy (non-hydrogen) atoms. The zero-order valence-corrected chi connectivity index (χ0v) is 9.68. The van der Waals surface area contributed by atoms with Crippen molar-refractivity contribution in [3.05, 3.63) is 11.6 Å². The Morgan fingerprint density at radius 3 is 2.33 bits per heavy atom. The molecule has 1 aromatic heterocycles. The lowest BCUT2D eigenvalue weighted by molar-refractivity contribution is -0.114. The third kappa shape index (κ3) is 2.34. The van der Waals surface area contributed by atoms with Crippen LogP contribution in [0, 0.1) is 12.9 Å². The number of hydrogen-bond donors (Lipinski definition) is 1. The van der Waals surface area contributed by atoms with Crippen LogP contribution in [0.4, 0.5) is 10.1 Å². The van der Waals surface area contributed by atoms with Gasteiger partial charge in [-0.1, -0.05) is 0 Å². The monoisotopic (exact) mass is 213 g/mol. The highest BCUT2D eigenvalue weighted by atomic mass is 19.1. The van der Waals surface area contributed by atoms with Gasteiger partial charge >= 0.3 is 0 Å². The maximum atomic E-state index is 13.8. The Balaban J connectivity index is 3.21. The SMILES string of the molecule is CC(=O)Nc1c(C)nn(C(C)(C)C)c1F. The predicted molar refractivity (Wildman–Crippen MR) is 56.2 cm³/mol. The van der Waals surface area contributed by atoms with E-state index in [0.29, 0.717) is 5.69 Å². The number of aryl methyl sites for hydroxylation is 1. The van der Waals surface area contributed by atoms with E-state index in [-0.39, 0.29) is 11.6 Å². The lowest BCUT2D eigenvalue weighted by atomic mass is 10.1. The van der Waals surface area contributed by atoms with Gasteiger partial charge in [-0.05, 0) is 27.7 Å². The first kappa shape index (κ1) is 11.7. The summed E-state index contributed by atoms with van der Waals surface area (Å²) >= 11 is 0. The van der Waals surface area contributed by atoms with Gasteiger partial charge in [0.05, 0.1) is 11.2 Å². The summed E-state index contributed by atoms with van der Waals surface area (Å²) in [7, 11) is 0. The Bertz CT molecular complexity index is 390. The van der Waals surface area contributed by atoms with Crippen LogP contribution in [0.25, 0.3) is 0 Å². The summed E-state index contributed by atoms with van der Waals surface area (Å²) < 4.78 is 15.1.